The van der Waals surface area contributed by atoms with E-state index in [0.29, 0.717) is 34.8 Å². The zero-order valence-corrected chi connectivity index (χ0v) is 23.4. The highest BCUT2D eigenvalue weighted by Crippen LogP contribution is 2.37. The SMILES string of the molecule is COC(=O)c1cnc2c(c(Br)cn2S(=O)(=O)c2ccccc2)c1N[C@@H]1CC[C@@H](NC(=O)OC(C)(C)C)C1. The molecule has 2 aromatic heterocycles. The molecule has 2 heterocycles. The largest absolute Gasteiger partial charge is 0.465 e. The fourth-order valence-corrected chi connectivity index (χ4v) is 6.40. The van der Waals surface area contributed by atoms with Crippen molar-refractivity contribution >= 4 is 54.7 Å². The number of halogens is 1. The number of amides is 1. The van der Waals surface area contributed by atoms with Crippen LogP contribution in [0.3, 0.4) is 0 Å². The molecule has 198 valence electrons. The summed E-state index contributed by atoms with van der Waals surface area (Å²) in [5.41, 5.74) is 0.146. The number of rotatable bonds is 6. The molecule has 2 N–H and O–H groups in total. The Morgan fingerprint density at radius 2 is 1.81 bits per heavy atom. The van der Waals surface area contributed by atoms with Crippen LogP contribution in [0, 0.1) is 0 Å². The minimum Gasteiger partial charge on any atom is -0.465 e. The highest BCUT2D eigenvalue weighted by Gasteiger charge is 2.31. The third kappa shape index (κ3) is 5.74. The van der Waals surface area contributed by atoms with Gasteiger partial charge in [-0.25, -0.2) is 27.0 Å². The van der Waals surface area contributed by atoms with Crippen LogP contribution in [0.2, 0.25) is 0 Å². The lowest BCUT2D eigenvalue weighted by Gasteiger charge is -2.22. The maximum absolute atomic E-state index is 13.4. The Hall–Kier alpha value is -3.12. The summed E-state index contributed by atoms with van der Waals surface area (Å²) in [7, 11) is -2.68. The monoisotopic (exact) mass is 592 g/mol. The fourth-order valence-electron chi connectivity index (χ4n) is 4.35. The lowest BCUT2D eigenvalue weighted by Crippen LogP contribution is -2.38. The first-order valence-electron chi connectivity index (χ1n) is 11.7. The highest BCUT2D eigenvalue weighted by molar-refractivity contribution is 9.10. The summed E-state index contributed by atoms with van der Waals surface area (Å²) < 4.78 is 38.6. The predicted molar refractivity (Wildman–Crippen MR) is 142 cm³/mol. The number of nitrogens with zero attached hydrogens (tertiary/aromatic N) is 2. The maximum atomic E-state index is 13.4. The van der Waals surface area contributed by atoms with E-state index in [0.717, 1.165) is 3.97 Å². The van der Waals surface area contributed by atoms with Crippen molar-refractivity contribution in [1.82, 2.24) is 14.3 Å². The highest BCUT2D eigenvalue weighted by atomic mass is 79.9. The van der Waals surface area contributed by atoms with Crippen LogP contribution < -0.4 is 10.6 Å². The summed E-state index contributed by atoms with van der Waals surface area (Å²) in [4.78, 5) is 29.3. The molecule has 3 aromatic rings. The van der Waals surface area contributed by atoms with Crippen molar-refractivity contribution in [2.45, 2.75) is 62.6 Å². The van der Waals surface area contributed by atoms with Gasteiger partial charge in [-0.05, 0) is 68.1 Å². The van der Waals surface area contributed by atoms with Crippen molar-refractivity contribution in [2.24, 2.45) is 0 Å². The number of esters is 1. The van der Waals surface area contributed by atoms with Gasteiger partial charge >= 0.3 is 12.1 Å². The molecule has 12 heteroatoms. The molecule has 37 heavy (non-hydrogen) atoms. The molecule has 0 bridgehead atoms. The number of methoxy groups -OCH3 is 1. The molecule has 1 aromatic carbocycles. The second-order valence-electron chi connectivity index (χ2n) is 9.83. The van der Waals surface area contributed by atoms with E-state index < -0.39 is 27.7 Å². The van der Waals surface area contributed by atoms with Crippen LogP contribution in [0.25, 0.3) is 11.0 Å². The first-order chi connectivity index (χ1) is 17.4. The van der Waals surface area contributed by atoms with E-state index in [9.17, 15) is 18.0 Å². The molecule has 1 aliphatic carbocycles. The topological polar surface area (TPSA) is 129 Å². The molecule has 10 nitrogen and oxygen atoms in total. The summed E-state index contributed by atoms with van der Waals surface area (Å²) in [5, 5.41) is 6.72. The number of anilines is 1. The van der Waals surface area contributed by atoms with Gasteiger partial charge in [0, 0.05) is 29.0 Å². The number of aromatic nitrogens is 2. The fraction of sp³-hybridized carbons (Fsp3) is 0.400. The van der Waals surface area contributed by atoms with Crippen molar-refractivity contribution < 1.29 is 27.5 Å². The van der Waals surface area contributed by atoms with E-state index in [2.05, 4.69) is 31.5 Å². The number of nitrogens with one attached hydrogen (secondary N) is 2. The summed E-state index contributed by atoms with van der Waals surface area (Å²) in [6, 6.07) is 7.82. The van der Waals surface area contributed by atoms with Crippen molar-refractivity contribution in [2.75, 3.05) is 12.4 Å². The normalized spacial score (nSPS) is 18.0. The predicted octanol–water partition coefficient (Wildman–Crippen LogP) is 4.68. The van der Waals surface area contributed by atoms with Crippen molar-refractivity contribution in [1.29, 1.82) is 0 Å². The van der Waals surface area contributed by atoms with E-state index in [-0.39, 0.29) is 28.2 Å². The van der Waals surface area contributed by atoms with Crippen LogP contribution in [0.1, 0.15) is 50.4 Å². The van der Waals surface area contributed by atoms with Gasteiger partial charge in [0.05, 0.1) is 23.1 Å². The van der Waals surface area contributed by atoms with E-state index in [1.165, 1.54) is 31.6 Å². The maximum Gasteiger partial charge on any atom is 0.407 e. The molecule has 4 rings (SSSR count). The molecule has 1 fully saturated rings. The van der Waals surface area contributed by atoms with Crippen molar-refractivity contribution in [3.63, 3.8) is 0 Å². The molecule has 1 aliphatic rings. The smallest absolute Gasteiger partial charge is 0.407 e. The number of fused-ring (bicyclic) bond motifs is 1. The summed E-state index contributed by atoms with van der Waals surface area (Å²) in [6.07, 6.45) is 4.27. The second-order valence-corrected chi connectivity index (χ2v) is 12.5. The van der Waals surface area contributed by atoms with Crippen molar-refractivity contribution in [3.05, 3.63) is 52.8 Å². The van der Waals surface area contributed by atoms with Gasteiger partial charge in [-0.15, -0.1) is 0 Å². The van der Waals surface area contributed by atoms with E-state index in [4.69, 9.17) is 9.47 Å². The number of ether oxygens (including phenoxy) is 2. The number of hydrogen-bond donors (Lipinski definition) is 2. The lowest BCUT2D eigenvalue weighted by molar-refractivity contribution is 0.0504. The zero-order chi connectivity index (χ0) is 27.0. The molecule has 1 saturated carbocycles. The molecule has 0 saturated heterocycles. The van der Waals surface area contributed by atoms with Gasteiger partial charge in [0.2, 0.25) is 0 Å². The number of alkyl carbamates (subject to hydrolysis) is 1. The first kappa shape index (κ1) is 26.9. The lowest BCUT2D eigenvalue weighted by atomic mass is 10.1. The molecule has 0 spiro atoms. The number of pyridine rings is 1. The van der Waals surface area contributed by atoms with Gasteiger partial charge in [-0.2, -0.15) is 0 Å². The van der Waals surface area contributed by atoms with Crippen LogP contribution in [0.15, 0.2) is 52.1 Å². The first-order valence-corrected chi connectivity index (χ1v) is 14.0. The molecule has 0 unspecified atom stereocenters. The third-order valence-electron chi connectivity index (χ3n) is 5.94. The van der Waals surface area contributed by atoms with Gasteiger partial charge in [0.15, 0.2) is 5.65 Å². The minimum atomic E-state index is -3.95. The van der Waals surface area contributed by atoms with Crippen LogP contribution in [0.4, 0.5) is 10.5 Å². The Morgan fingerprint density at radius 3 is 2.46 bits per heavy atom. The van der Waals surface area contributed by atoms with Gasteiger partial charge in [-0.1, -0.05) is 18.2 Å². The van der Waals surface area contributed by atoms with Crippen LogP contribution in [-0.2, 0) is 19.5 Å². The minimum absolute atomic E-state index is 0.102. The quantitative estimate of drug-likeness (QED) is 0.395. The van der Waals surface area contributed by atoms with Gasteiger partial charge in [0.1, 0.15) is 11.2 Å². The van der Waals surface area contributed by atoms with Crippen molar-refractivity contribution in [3.8, 4) is 0 Å². The molecule has 2 atom stereocenters. The van der Waals surface area contributed by atoms with E-state index in [1.807, 2.05) is 0 Å². The van der Waals surface area contributed by atoms with E-state index >= 15 is 0 Å². The number of carbonyl (C=O) groups excluding carboxylic acids is 2. The molecular formula is C25H29BrN4O6S. The summed E-state index contributed by atoms with van der Waals surface area (Å²) >= 11 is 3.47. The Labute approximate surface area is 223 Å². The van der Waals surface area contributed by atoms with Crippen LogP contribution in [-0.4, -0.2) is 54.2 Å². The van der Waals surface area contributed by atoms with Gasteiger partial charge in [0.25, 0.3) is 10.0 Å². The summed E-state index contributed by atoms with van der Waals surface area (Å²) in [5.74, 6) is -0.608. The Kier molecular flexibility index (Phi) is 7.52. The third-order valence-corrected chi connectivity index (χ3v) is 8.21. The molecule has 0 radical (unpaired) electrons. The van der Waals surface area contributed by atoms with Crippen LogP contribution in [0.5, 0.6) is 0 Å². The number of benzene rings is 1. The average molecular weight is 594 g/mol. The Morgan fingerprint density at radius 1 is 1.14 bits per heavy atom. The number of carbonyl (C=O) groups is 2. The molecule has 0 aliphatic heterocycles. The van der Waals surface area contributed by atoms with Gasteiger partial charge in [-0.3, -0.25) is 0 Å². The Bertz CT molecular complexity index is 1430. The zero-order valence-electron chi connectivity index (χ0n) is 20.9. The number of hydrogen-bond acceptors (Lipinski definition) is 8. The standard InChI is InChI=1S/C25H29BrN4O6S/c1-25(2,3)36-24(32)29-16-11-10-15(12-16)28-21-18(23(31)35-4)13-27-22-20(21)19(26)14-30(22)37(33,34)17-8-6-5-7-9-17/h5-9,13-16H,10-12H2,1-4H3,(H,27,28)(H,29,32)/t15-,16-/m1/s1. The Balaban J connectivity index is 1.68. The second kappa shape index (κ2) is 10.3. The average Bonchev–Trinajstić information content (AvgIpc) is 3.42. The van der Waals surface area contributed by atoms with Crippen LogP contribution >= 0.6 is 15.9 Å². The molecular weight excluding hydrogens is 564 g/mol. The van der Waals surface area contributed by atoms with Gasteiger partial charge < -0.3 is 20.1 Å². The van der Waals surface area contributed by atoms with E-state index in [1.54, 1.807) is 39.0 Å². The molecule has 1 amide bonds. The summed E-state index contributed by atoms with van der Waals surface area (Å²) in [6.45, 7) is 5.41.